The van der Waals surface area contributed by atoms with E-state index in [1.54, 1.807) is 10.9 Å². The number of aryl methyl sites for hydroxylation is 1. The number of anilines is 1. The Balaban J connectivity index is 1.70. The third-order valence-electron chi connectivity index (χ3n) is 4.63. The minimum absolute atomic E-state index is 0.211. The van der Waals surface area contributed by atoms with Gasteiger partial charge >= 0.3 is 0 Å². The lowest BCUT2D eigenvalue weighted by Crippen LogP contribution is -2.24. The van der Waals surface area contributed by atoms with Gasteiger partial charge in [-0.25, -0.2) is 9.67 Å². The molecule has 1 saturated heterocycles. The molecule has 0 aromatic carbocycles. The van der Waals surface area contributed by atoms with E-state index in [0.29, 0.717) is 41.0 Å². The minimum atomic E-state index is 0.211. The van der Waals surface area contributed by atoms with E-state index in [-0.39, 0.29) is 11.9 Å². The fourth-order valence-electron chi connectivity index (χ4n) is 3.20. The summed E-state index contributed by atoms with van der Waals surface area (Å²) in [5.41, 5.74) is 8.22. The van der Waals surface area contributed by atoms with Crippen LogP contribution in [0.5, 0.6) is 0 Å². The number of aromatic nitrogens is 4. The average molecular weight is 392 g/mol. The third kappa shape index (κ3) is 3.84. The van der Waals surface area contributed by atoms with Crippen molar-refractivity contribution in [2.24, 2.45) is 10.7 Å². The first-order valence-corrected chi connectivity index (χ1v) is 9.41. The van der Waals surface area contributed by atoms with E-state index in [2.05, 4.69) is 20.4 Å². The SMILES string of the molecule is CC(=NC1CCOCC1)C1=C(N)OCCCn2nc(Cl)c3cnc(nc32)N1. The topological polar surface area (TPSA) is 112 Å². The van der Waals surface area contributed by atoms with E-state index < -0.39 is 0 Å². The molecule has 4 rings (SSSR count). The Bertz CT molecular complexity index is 902. The summed E-state index contributed by atoms with van der Waals surface area (Å²) in [6, 6.07) is 0.211. The lowest BCUT2D eigenvalue weighted by Gasteiger charge is -2.20. The van der Waals surface area contributed by atoms with Gasteiger partial charge in [0.05, 0.1) is 23.7 Å². The number of fused-ring (bicyclic) bond motifs is 1. The molecule has 0 spiro atoms. The molecule has 2 bridgehead atoms. The molecule has 0 aliphatic carbocycles. The summed E-state index contributed by atoms with van der Waals surface area (Å²) in [5.74, 6) is 0.676. The van der Waals surface area contributed by atoms with Crippen LogP contribution in [0.1, 0.15) is 26.2 Å². The monoisotopic (exact) mass is 391 g/mol. The molecular formula is C17H22ClN7O2. The zero-order chi connectivity index (χ0) is 18.8. The fourth-order valence-corrected chi connectivity index (χ4v) is 3.43. The van der Waals surface area contributed by atoms with Crippen molar-refractivity contribution in [1.82, 2.24) is 19.7 Å². The first-order chi connectivity index (χ1) is 13.1. The first kappa shape index (κ1) is 18.0. The number of nitrogens with one attached hydrogen (secondary N) is 1. The van der Waals surface area contributed by atoms with Crippen LogP contribution in [0, 0.1) is 0 Å². The van der Waals surface area contributed by atoms with Crippen molar-refractivity contribution in [3.63, 3.8) is 0 Å². The molecular weight excluding hydrogens is 370 g/mol. The molecule has 3 N–H and O–H groups in total. The highest BCUT2D eigenvalue weighted by Gasteiger charge is 2.19. The molecule has 9 nitrogen and oxygen atoms in total. The lowest BCUT2D eigenvalue weighted by atomic mass is 10.1. The predicted octanol–water partition coefficient (Wildman–Crippen LogP) is 2.08. The van der Waals surface area contributed by atoms with E-state index in [9.17, 15) is 0 Å². The first-order valence-electron chi connectivity index (χ1n) is 9.03. The largest absolute Gasteiger partial charge is 0.478 e. The summed E-state index contributed by atoms with van der Waals surface area (Å²) >= 11 is 6.19. The van der Waals surface area contributed by atoms with Crippen molar-refractivity contribution in [3.8, 4) is 0 Å². The zero-order valence-corrected chi connectivity index (χ0v) is 15.9. The van der Waals surface area contributed by atoms with E-state index in [0.717, 1.165) is 38.2 Å². The summed E-state index contributed by atoms with van der Waals surface area (Å²) in [4.78, 5) is 13.7. The van der Waals surface area contributed by atoms with Crippen LogP contribution in [0.2, 0.25) is 5.15 Å². The number of hydrogen-bond donors (Lipinski definition) is 2. The number of halogens is 1. The smallest absolute Gasteiger partial charge is 0.229 e. The van der Waals surface area contributed by atoms with Crippen LogP contribution in [0.15, 0.2) is 22.8 Å². The molecule has 0 amide bonds. The van der Waals surface area contributed by atoms with Crippen molar-refractivity contribution in [2.75, 3.05) is 25.1 Å². The molecule has 1 fully saturated rings. The van der Waals surface area contributed by atoms with Crippen molar-refractivity contribution in [1.29, 1.82) is 0 Å². The van der Waals surface area contributed by atoms with Crippen LogP contribution in [0.3, 0.4) is 0 Å². The average Bonchev–Trinajstić information content (AvgIpc) is 2.98. The normalized spacial score (nSPS) is 19.7. The highest BCUT2D eigenvalue weighted by Crippen LogP contribution is 2.23. The van der Waals surface area contributed by atoms with Gasteiger partial charge < -0.3 is 20.5 Å². The standard InChI is InChI=1S/C17H22ClN7O2/c1-10(21-11-3-7-26-8-4-11)13-15(19)27-6-2-5-25-16-12(14(18)24-25)9-20-17(22-13)23-16/h9,11H,2-8,19H2,1H3,(H,20,22,23). The van der Waals surface area contributed by atoms with Crippen LogP contribution >= 0.6 is 11.6 Å². The maximum atomic E-state index is 6.20. The molecule has 0 saturated carbocycles. The Morgan fingerprint density at radius 1 is 1.37 bits per heavy atom. The van der Waals surface area contributed by atoms with Crippen molar-refractivity contribution in [2.45, 2.75) is 38.8 Å². The van der Waals surface area contributed by atoms with Crippen LogP contribution in [-0.2, 0) is 16.0 Å². The number of nitrogens with zero attached hydrogens (tertiary/aromatic N) is 5. The number of aliphatic imine (C=N–C) groups is 1. The molecule has 2 aromatic rings. The van der Waals surface area contributed by atoms with E-state index in [1.807, 2.05) is 6.92 Å². The van der Waals surface area contributed by atoms with Crippen LogP contribution in [-0.4, -0.2) is 51.3 Å². The van der Waals surface area contributed by atoms with E-state index >= 15 is 0 Å². The quantitative estimate of drug-likeness (QED) is 0.753. The number of rotatable bonds is 2. The number of allylic oxidation sites excluding steroid dienone is 1. The van der Waals surface area contributed by atoms with Gasteiger partial charge in [0, 0.05) is 32.4 Å². The van der Waals surface area contributed by atoms with Gasteiger partial charge in [-0.3, -0.25) is 4.99 Å². The van der Waals surface area contributed by atoms with Crippen molar-refractivity contribution in [3.05, 3.63) is 22.9 Å². The summed E-state index contributed by atoms with van der Waals surface area (Å²) in [7, 11) is 0. The van der Waals surface area contributed by atoms with Gasteiger partial charge in [-0.1, -0.05) is 11.6 Å². The van der Waals surface area contributed by atoms with Gasteiger partial charge in [-0.05, 0) is 19.8 Å². The fraction of sp³-hybridized carbons (Fsp3) is 0.529. The molecule has 2 aliphatic rings. The summed E-state index contributed by atoms with van der Waals surface area (Å²) in [6.45, 7) is 4.43. The summed E-state index contributed by atoms with van der Waals surface area (Å²) in [6.07, 6.45) is 4.17. The van der Waals surface area contributed by atoms with Gasteiger partial charge in [0.2, 0.25) is 11.8 Å². The highest BCUT2D eigenvalue weighted by molar-refractivity contribution is 6.34. The number of ether oxygens (including phenoxy) is 2. The van der Waals surface area contributed by atoms with Gasteiger partial charge in [-0.2, -0.15) is 10.1 Å². The molecule has 2 aromatic heterocycles. The highest BCUT2D eigenvalue weighted by atomic mass is 35.5. The van der Waals surface area contributed by atoms with Gasteiger partial charge in [0.25, 0.3) is 0 Å². The van der Waals surface area contributed by atoms with Gasteiger partial charge in [0.15, 0.2) is 10.8 Å². The second kappa shape index (κ2) is 7.69. The van der Waals surface area contributed by atoms with Gasteiger partial charge in [0.1, 0.15) is 5.70 Å². The number of hydrogen-bond acceptors (Lipinski definition) is 8. The minimum Gasteiger partial charge on any atom is -0.478 e. The molecule has 2 aliphatic heterocycles. The molecule has 4 heterocycles. The second-order valence-electron chi connectivity index (χ2n) is 6.57. The Labute approximate surface area is 161 Å². The van der Waals surface area contributed by atoms with Crippen molar-refractivity contribution >= 4 is 34.3 Å². The zero-order valence-electron chi connectivity index (χ0n) is 15.1. The van der Waals surface area contributed by atoms with Gasteiger partial charge in [-0.15, -0.1) is 0 Å². The Morgan fingerprint density at radius 3 is 3.00 bits per heavy atom. The van der Waals surface area contributed by atoms with E-state index in [1.165, 1.54) is 0 Å². The summed E-state index contributed by atoms with van der Waals surface area (Å²) in [5, 5.41) is 8.60. The van der Waals surface area contributed by atoms with Crippen LogP contribution in [0.25, 0.3) is 11.0 Å². The Morgan fingerprint density at radius 2 is 2.19 bits per heavy atom. The predicted molar refractivity (Wildman–Crippen MR) is 103 cm³/mol. The molecule has 0 unspecified atom stereocenters. The van der Waals surface area contributed by atoms with Crippen LogP contribution in [0.4, 0.5) is 5.95 Å². The summed E-state index contributed by atoms with van der Waals surface area (Å²) < 4.78 is 12.9. The second-order valence-corrected chi connectivity index (χ2v) is 6.93. The molecule has 0 radical (unpaired) electrons. The maximum absolute atomic E-state index is 6.20. The van der Waals surface area contributed by atoms with Crippen LogP contribution < -0.4 is 11.1 Å². The lowest BCUT2D eigenvalue weighted by molar-refractivity contribution is 0.0871. The maximum Gasteiger partial charge on any atom is 0.229 e. The number of nitrogens with two attached hydrogens (primary N) is 1. The molecule has 144 valence electrons. The Hall–Kier alpha value is -2.39. The molecule has 27 heavy (non-hydrogen) atoms. The van der Waals surface area contributed by atoms with Crippen molar-refractivity contribution < 1.29 is 9.47 Å². The molecule has 0 atom stereocenters. The van der Waals surface area contributed by atoms with E-state index in [4.69, 9.17) is 31.8 Å². The third-order valence-corrected chi connectivity index (χ3v) is 4.91. The Kier molecular flexibility index (Phi) is 5.13. The molecule has 10 heteroatoms.